The van der Waals surface area contributed by atoms with Gasteiger partial charge in [0.15, 0.2) is 0 Å². The Labute approximate surface area is 156 Å². The van der Waals surface area contributed by atoms with Crippen molar-refractivity contribution >= 4 is 21.7 Å². The van der Waals surface area contributed by atoms with Crippen molar-refractivity contribution in [3.05, 3.63) is 54.1 Å². The van der Waals surface area contributed by atoms with Crippen molar-refractivity contribution in [2.45, 2.75) is 11.8 Å². The molecule has 1 heterocycles. The largest absolute Gasteiger partial charge is 0.379 e. The molecule has 27 heavy (non-hydrogen) atoms. The first-order valence-corrected chi connectivity index (χ1v) is 9.66. The number of benzene rings is 2. The number of carbonyl (C=O) groups is 1. The first-order valence-electron chi connectivity index (χ1n) is 8.26. The van der Waals surface area contributed by atoms with Crippen molar-refractivity contribution in [3.63, 3.8) is 0 Å². The Hall–Kier alpha value is -2.68. The van der Waals surface area contributed by atoms with Gasteiger partial charge in [-0.3, -0.25) is 4.79 Å². The molecule has 1 aliphatic heterocycles. The minimum absolute atomic E-state index is 0.0331. The van der Waals surface area contributed by atoms with Crippen LogP contribution >= 0.6 is 0 Å². The number of piperazine rings is 1. The number of nitrogens with zero attached hydrogens (tertiary/aromatic N) is 2. The van der Waals surface area contributed by atoms with E-state index in [0.29, 0.717) is 44.4 Å². The van der Waals surface area contributed by atoms with E-state index in [2.05, 4.69) is 4.90 Å². The molecule has 0 N–H and O–H groups in total. The zero-order valence-corrected chi connectivity index (χ0v) is 15.4. The van der Waals surface area contributed by atoms with Crippen LogP contribution < -0.4 is 9.08 Å². The van der Waals surface area contributed by atoms with Crippen LogP contribution in [0.4, 0.5) is 14.5 Å². The van der Waals surface area contributed by atoms with E-state index < -0.39 is 26.6 Å². The van der Waals surface area contributed by atoms with Crippen LogP contribution in [0, 0.1) is 11.6 Å². The molecule has 9 heteroatoms. The lowest BCUT2D eigenvalue weighted by molar-refractivity contribution is -0.129. The average molecular weight is 396 g/mol. The maximum atomic E-state index is 13.2. The molecule has 144 valence electrons. The molecule has 0 spiro atoms. The fourth-order valence-electron chi connectivity index (χ4n) is 2.84. The summed E-state index contributed by atoms with van der Waals surface area (Å²) in [5.74, 6) is -1.93. The number of anilines is 1. The summed E-state index contributed by atoms with van der Waals surface area (Å²) in [6, 6.07) is 8.31. The third-order valence-electron chi connectivity index (χ3n) is 4.26. The molecular formula is C18H18F2N2O4S. The summed E-state index contributed by atoms with van der Waals surface area (Å²) in [5, 5.41) is 0. The predicted molar refractivity (Wildman–Crippen MR) is 95.1 cm³/mol. The van der Waals surface area contributed by atoms with Crippen LogP contribution in [0.2, 0.25) is 0 Å². The normalized spacial score (nSPS) is 14.9. The van der Waals surface area contributed by atoms with Gasteiger partial charge in [0.05, 0.1) is 0 Å². The first-order chi connectivity index (χ1) is 12.7. The third kappa shape index (κ3) is 4.54. The quantitative estimate of drug-likeness (QED) is 0.743. The highest BCUT2D eigenvalue weighted by atomic mass is 32.2. The van der Waals surface area contributed by atoms with Crippen molar-refractivity contribution in [2.24, 2.45) is 0 Å². The third-order valence-corrected chi connectivity index (χ3v) is 5.48. The summed E-state index contributed by atoms with van der Waals surface area (Å²) >= 11 is 0. The van der Waals surface area contributed by atoms with Gasteiger partial charge in [-0.05, 0) is 36.4 Å². The Morgan fingerprint density at radius 2 is 1.52 bits per heavy atom. The van der Waals surface area contributed by atoms with Gasteiger partial charge < -0.3 is 14.0 Å². The standard InChI is InChI=1S/C18H18F2N2O4S/c1-13(23)21-6-8-22(9-7-21)16-2-4-17(5-3-16)26-27(24,25)18-11-14(19)10-15(20)12-18/h2-5,10-12H,6-9H2,1H3. The average Bonchev–Trinajstić information content (AvgIpc) is 2.61. The Kier molecular flexibility index (Phi) is 5.31. The number of rotatable bonds is 4. The summed E-state index contributed by atoms with van der Waals surface area (Å²) in [6.45, 7) is 4.11. The van der Waals surface area contributed by atoms with Gasteiger partial charge in [-0.2, -0.15) is 8.42 Å². The van der Waals surface area contributed by atoms with E-state index in [9.17, 15) is 22.0 Å². The van der Waals surface area contributed by atoms with Crippen LogP contribution in [-0.2, 0) is 14.9 Å². The highest BCUT2D eigenvalue weighted by molar-refractivity contribution is 7.87. The van der Waals surface area contributed by atoms with Gasteiger partial charge >= 0.3 is 10.1 Å². The van der Waals surface area contributed by atoms with Gasteiger partial charge in [-0.1, -0.05) is 0 Å². The fraction of sp³-hybridized carbons (Fsp3) is 0.278. The van der Waals surface area contributed by atoms with E-state index in [1.54, 1.807) is 17.0 Å². The number of halogens is 2. The minimum Gasteiger partial charge on any atom is -0.379 e. The Bertz CT molecular complexity index is 920. The van der Waals surface area contributed by atoms with Gasteiger partial charge in [-0.15, -0.1) is 0 Å². The van der Waals surface area contributed by atoms with Crippen molar-refractivity contribution in [1.29, 1.82) is 0 Å². The second kappa shape index (κ2) is 7.51. The first kappa shape index (κ1) is 19.1. The molecule has 0 saturated carbocycles. The molecule has 2 aromatic rings. The molecule has 0 aromatic heterocycles. The van der Waals surface area contributed by atoms with Crippen molar-refractivity contribution in [3.8, 4) is 5.75 Å². The summed E-state index contributed by atoms with van der Waals surface area (Å²) in [7, 11) is -4.35. The van der Waals surface area contributed by atoms with Crippen molar-refractivity contribution < 1.29 is 26.2 Å². The zero-order chi connectivity index (χ0) is 19.6. The van der Waals surface area contributed by atoms with Gasteiger partial charge in [0.1, 0.15) is 22.3 Å². The number of carbonyl (C=O) groups excluding carboxylic acids is 1. The molecule has 2 aromatic carbocycles. The van der Waals surface area contributed by atoms with Gasteiger partial charge in [0.25, 0.3) is 0 Å². The van der Waals surface area contributed by atoms with Crippen LogP contribution in [-0.4, -0.2) is 45.4 Å². The highest BCUT2D eigenvalue weighted by Crippen LogP contribution is 2.24. The molecular weight excluding hydrogens is 378 g/mol. The summed E-state index contributed by atoms with van der Waals surface area (Å²) in [5.41, 5.74) is 0.861. The second-order valence-electron chi connectivity index (χ2n) is 6.13. The monoisotopic (exact) mass is 396 g/mol. The number of amides is 1. The van der Waals surface area contributed by atoms with Crippen LogP contribution in [0.25, 0.3) is 0 Å². The van der Waals surface area contributed by atoms with E-state index >= 15 is 0 Å². The molecule has 1 amide bonds. The molecule has 0 unspecified atom stereocenters. The molecule has 0 aliphatic carbocycles. The van der Waals surface area contributed by atoms with Crippen molar-refractivity contribution in [1.82, 2.24) is 4.90 Å². The summed E-state index contributed by atoms with van der Waals surface area (Å²) in [4.78, 5) is 14.6. The van der Waals surface area contributed by atoms with Crippen LogP contribution in [0.5, 0.6) is 5.75 Å². The lowest BCUT2D eigenvalue weighted by Crippen LogP contribution is -2.48. The molecule has 0 radical (unpaired) electrons. The predicted octanol–water partition coefficient (Wildman–Crippen LogP) is 2.40. The molecule has 0 bridgehead atoms. The maximum Gasteiger partial charge on any atom is 0.339 e. The molecule has 1 fully saturated rings. The lowest BCUT2D eigenvalue weighted by atomic mass is 10.2. The Morgan fingerprint density at radius 3 is 2.04 bits per heavy atom. The number of hydrogen-bond donors (Lipinski definition) is 0. The molecule has 6 nitrogen and oxygen atoms in total. The minimum atomic E-state index is -4.35. The maximum absolute atomic E-state index is 13.2. The van der Waals surface area contributed by atoms with E-state index in [1.165, 1.54) is 19.1 Å². The van der Waals surface area contributed by atoms with E-state index in [0.717, 1.165) is 5.69 Å². The SMILES string of the molecule is CC(=O)N1CCN(c2ccc(OS(=O)(=O)c3cc(F)cc(F)c3)cc2)CC1. The number of hydrogen-bond acceptors (Lipinski definition) is 5. The smallest absolute Gasteiger partial charge is 0.339 e. The zero-order valence-electron chi connectivity index (χ0n) is 14.6. The van der Waals surface area contributed by atoms with Crippen LogP contribution in [0.1, 0.15) is 6.92 Å². The topological polar surface area (TPSA) is 66.9 Å². The van der Waals surface area contributed by atoms with E-state index in [4.69, 9.17) is 4.18 Å². The Morgan fingerprint density at radius 1 is 0.963 bits per heavy atom. The molecule has 0 atom stereocenters. The summed E-state index contributed by atoms with van der Waals surface area (Å²) in [6.07, 6.45) is 0. The van der Waals surface area contributed by atoms with Gasteiger partial charge in [-0.25, -0.2) is 8.78 Å². The molecule has 1 saturated heterocycles. The highest BCUT2D eigenvalue weighted by Gasteiger charge is 2.21. The summed E-state index contributed by atoms with van der Waals surface area (Å²) < 4.78 is 55.8. The molecule has 1 aliphatic rings. The van der Waals surface area contributed by atoms with Crippen LogP contribution in [0.15, 0.2) is 47.4 Å². The molecule has 3 rings (SSSR count). The van der Waals surface area contributed by atoms with Crippen molar-refractivity contribution in [2.75, 3.05) is 31.1 Å². The second-order valence-corrected chi connectivity index (χ2v) is 7.68. The fourth-order valence-corrected chi connectivity index (χ4v) is 3.81. The lowest BCUT2D eigenvalue weighted by Gasteiger charge is -2.35. The van der Waals surface area contributed by atoms with Gasteiger partial charge in [0.2, 0.25) is 5.91 Å². The Balaban J connectivity index is 1.70. The van der Waals surface area contributed by atoms with E-state index in [-0.39, 0.29) is 11.7 Å². The van der Waals surface area contributed by atoms with Crippen LogP contribution in [0.3, 0.4) is 0 Å². The van der Waals surface area contributed by atoms with E-state index in [1.807, 2.05) is 0 Å². The van der Waals surface area contributed by atoms with Gasteiger partial charge in [0, 0.05) is 44.9 Å².